The quantitative estimate of drug-likeness (QED) is 0.441. The maximum Gasteiger partial charge on any atom is 0.320 e. The van der Waals surface area contributed by atoms with Gasteiger partial charge in [-0.05, 0) is 20.8 Å². The summed E-state index contributed by atoms with van der Waals surface area (Å²) in [4.78, 5) is 10.6. The highest BCUT2D eigenvalue weighted by atomic mass is 79.9. The summed E-state index contributed by atoms with van der Waals surface area (Å²) in [6, 6.07) is 0. The Morgan fingerprint density at radius 2 is 1.94 bits per heavy atom. The number of halogens is 1. The summed E-state index contributed by atoms with van der Waals surface area (Å²) in [7, 11) is -1.81. The Balaban J connectivity index is 3.99. The first-order chi connectivity index (χ1) is 7.62. The molecule has 0 fully saturated rings. The Hall–Kier alpha value is -0.140. The standard InChI is InChI=1S/C10H20BrNO4S/c1-10(2,3)17(14,15)6-5-12-7-8(11)9(13)16-4/h8,12H,5-7H2,1-4H3. The molecular formula is C10H20BrNO4S. The molecule has 0 heterocycles. The molecule has 0 saturated heterocycles. The van der Waals surface area contributed by atoms with E-state index < -0.39 is 19.4 Å². The van der Waals surface area contributed by atoms with Crippen LogP contribution in [0.25, 0.3) is 0 Å². The Kier molecular flexibility index (Phi) is 6.65. The molecule has 0 amide bonds. The Labute approximate surface area is 111 Å². The van der Waals surface area contributed by atoms with E-state index >= 15 is 0 Å². The summed E-state index contributed by atoms with van der Waals surface area (Å²) in [5, 5.41) is 2.90. The highest BCUT2D eigenvalue weighted by molar-refractivity contribution is 9.10. The molecule has 102 valence electrons. The van der Waals surface area contributed by atoms with Gasteiger partial charge in [0, 0.05) is 13.1 Å². The molecule has 0 bridgehead atoms. The lowest BCUT2D eigenvalue weighted by Crippen LogP contribution is -2.37. The van der Waals surface area contributed by atoms with Crippen LogP contribution in [0.15, 0.2) is 0 Å². The number of nitrogens with one attached hydrogen (secondary N) is 1. The first-order valence-electron chi connectivity index (χ1n) is 5.26. The van der Waals surface area contributed by atoms with Crippen LogP contribution in [0.5, 0.6) is 0 Å². The first-order valence-corrected chi connectivity index (χ1v) is 7.83. The van der Waals surface area contributed by atoms with Gasteiger partial charge in [-0.15, -0.1) is 0 Å². The molecule has 5 nitrogen and oxygen atoms in total. The molecule has 0 aliphatic heterocycles. The lowest BCUT2D eigenvalue weighted by molar-refractivity contribution is -0.139. The fourth-order valence-corrected chi connectivity index (χ4v) is 2.39. The highest BCUT2D eigenvalue weighted by Crippen LogP contribution is 2.15. The molecule has 0 spiro atoms. The summed E-state index contributed by atoms with van der Waals surface area (Å²) in [6.45, 7) is 5.67. The minimum Gasteiger partial charge on any atom is -0.468 e. The van der Waals surface area contributed by atoms with E-state index in [1.165, 1.54) is 7.11 Å². The third kappa shape index (κ3) is 5.83. The molecule has 0 saturated carbocycles. The van der Waals surface area contributed by atoms with E-state index in [9.17, 15) is 13.2 Å². The van der Waals surface area contributed by atoms with Gasteiger partial charge in [0.2, 0.25) is 0 Å². The lowest BCUT2D eigenvalue weighted by atomic mass is 10.3. The van der Waals surface area contributed by atoms with Crippen LogP contribution < -0.4 is 5.32 Å². The van der Waals surface area contributed by atoms with E-state index in [1.807, 2.05) is 0 Å². The molecular weight excluding hydrogens is 310 g/mol. The Bertz CT molecular complexity index is 348. The van der Waals surface area contributed by atoms with Gasteiger partial charge in [0.05, 0.1) is 17.6 Å². The van der Waals surface area contributed by atoms with E-state index in [0.717, 1.165) is 0 Å². The normalized spacial score (nSPS) is 14.4. The zero-order valence-corrected chi connectivity index (χ0v) is 13.0. The minimum atomic E-state index is -3.12. The van der Waals surface area contributed by atoms with Crippen LogP contribution in [-0.4, -0.2) is 49.9 Å². The van der Waals surface area contributed by atoms with Gasteiger partial charge in [-0.3, -0.25) is 4.79 Å². The lowest BCUT2D eigenvalue weighted by Gasteiger charge is -2.19. The summed E-state index contributed by atoms with van der Waals surface area (Å²) in [5.74, 6) is -0.326. The largest absolute Gasteiger partial charge is 0.468 e. The second-order valence-electron chi connectivity index (χ2n) is 4.63. The number of carbonyl (C=O) groups is 1. The van der Waals surface area contributed by atoms with Crippen LogP contribution in [0.2, 0.25) is 0 Å². The molecule has 1 N–H and O–H groups in total. The number of rotatable bonds is 6. The number of hydrogen-bond donors (Lipinski definition) is 1. The van der Waals surface area contributed by atoms with Crippen molar-refractivity contribution in [3.63, 3.8) is 0 Å². The molecule has 1 atom stereocenters. The zero-order chi connectivity index (χ0) is 13.7. The molecule has 0 aliphatic rings. The summed E-state index contributed by atoms with van der Waals surface area (Å²) in [6.07, 6.45) is 0. The predicted molar refractivity (Wildman–Crippen MR) is 71.1 cm³/mol. The van der Waals surface area contributed by atoms with Crippen LogP contribution in [0.3, 0.4) is 0 Å². The predicted octanol–water partition coefficient (Wildman–Crippen LogP) is 0.726. The number of esters is 1. The van der Waals surface area contributed by atoms with Gasteiger partial charge in [-0.25, -0.2) is 8.42 Å². The maximum atomic E-state index is 11.7. The van der Waals surface area contributed by atoms with E-state index in [0.29, 0.717) is 13.1 Å². The van der Waals surface area contributed by atoms with Crippen molar-refractivity contribution in [3.05, 3.63) is 0 Å². The first kappa shape index (κ1) is 16.9. The number of hydrogen-bond acceptors (Lipinski definition) is 5. The van der Waals surface area contributed by atoms with Crippen molar-refractivity contribution in [2.24, 2.45) is 0 Å². The summed E-state index contributed by atoms with van der Waals surface area (Å²) >= 11 is 3.14. The topological polar surface area (TPSA) is 72.5 Å². The summed E-state index contributed by atoms with van der Waals surface area (Å²) < 4.78 is 27.3. The second kappa shape index (κ2) is 6.70. The monoisotopic (exact) mass is 329 g/mol. The van der Waals surface area contributed by atoms with Gasteiger partial charge >= 0.3 is 5.97 Å². The third-order valence-corrected chi connectivity index (χ3v) is 5.57. The number of sulfone groups is 1. The van der Waals surface area contributed by atoms with Crippen LogP contribution in [-0.2, 0) is 19.4 Å². The molecule has 0 radical (unpaired) electrons. The van der Waals surface area contributed by atoms with Gasteiger partial charge in [0.15, 0.2) is 9.84 Å². The van der Waals surface area contributed by atoms with Gasteiger partial charge in [0.1, 0.15) is 4.83 Å². The van der Waals surface area contributed by atoms with Gasteiger partial charge in [-0.1, -0.05) is 15.9 Å². The smallest absolute Gasteiger partial charge is 0.320 e. The SMILES string of the molecule is COC(=O)C(Br)CNCCS(=O)(=O)C(C)(C)C. The fraction of sp³-hybridized carbons (Fsp3) is 0.900. The van der Waals surface area contributed by atoms with E-state index in [2.05, 4.69) is 26.0 Å². The van der Waals surface area contributed by atoms with Crippen molar-refractivity contribution >= 4 is 31.7 Å². The number of alkyl halides is 1. The van der Waals surface area contributed by atoms with E-state index in [-0.39, 0.29) is 11.7 Å². The van der Waals surface area contributed by atoms with Crippen molar-refractivity contribution in [3.8, 4) is 0 Å². The van der Waals surface area contributed by atoms with Crippen molar-refractivity contribution < 1.29 is 17.9 Å². The van der Waals surface area contributed by atoms with E-state index in [1.54, 1.807) is 20.8 Å². The highest BCUT2D eigenvalue weighted by Gasteiger charge is 2.28. The van der Waals surface area contributed by atoms with Gasteiger partial charge in [-0.2, -0.15) is 0 Å². The zero-order valence-electron chi connectivity index (χ0n) is 10.6. The Morgan fingerprint density at radius 1 is 1.41 bits per heavy atom. The van der Waals surface area contributed by atoms with Crippen molar-refractivity contribution in [2.45, 2.75) is 30.3 Å². The molecule has 0 aromatic rings. The van der Waals surface area contributed by atoms with Crippen molar-refractivity contribution in [1.29, 1.82) is 0 Å². The average Bonchev–Trinajstić information content (AvgIpc) is 2.21. The molecule has 0 aliphatic carbocycles. The van der Waals surface area contributed by atoms with Crippen LogP contribution in [0.4, 0.5) is 0 Å². The second-order valence-corrected chi connectivity index (χ2v) is 8.59. The molecule has 1 unspecified atom stereocenters. The van der Waals surface area contributed by atoms with Crippen molar-refractivity contribution in [1.82, 2.24) is 5.32 Å². The molecule has 7 heteroatoms. The van der Waals surface area contributed by atoms with Gasteiger partial charge < -0.3 is 10.1 Å². The molecule has 0 aromatic carbocycles. The number of ether oxygens (including phenoxy) is 1. The van der Waals surface area contributed by atoms with Crippen LogP contribution >= 0.6 is 15.9 Å². The fourth-order valence-electron chi connectivity index (χ4n) is 0.953. The third-order valence-electron chi connectivity index (χ3n) is 2.26. The van der Waals surface area contributed by atoms with Crippen molar-refractivity contribution in [2.75, 3.05) is 26.0 Å². The van der Waals surface area contributed by atoms with E-state index in [4.69, 9.17) is 0 Å². The molecule has 17 heavy (non-hydrogen) atoms. The average molecular weight is 330 g/mol. The maximum absolute atomic E-state index is 11.7. The summed E-state index contributed by atoms with van der Waals surface area (Å²) in [5.41, 5.74) is 0. The molecule has 0 rings (SSSR count). The molecule has 0 aromatic heterocycles. The van der Waals surface area contributed by atoms with Gasteiger partial charge in [0.25, 0.3) is 0 Å². The van der Waals surface area contributed by atoms with Crippen LogP contribution in [0, 0.1) is 0 Å². The number of carbonyl (C=O) groups excluding carboxylic acids is 1. The number of methoxy groups -OCH3 is 1. The Morgan fingerprint density at radius 3 is 2.35 bits per heavy atom. The minimum absolute atomic E-state index is 0.0530. The van der Waals surface area contributed by atoms with Crippen LogP contribution in [0.1, 0.15) is 20.8 Å².